The van der Waals surface area contributed by atoms with Crippen molar-refractivity contribution in [3.05, 3.63) is 0 Å². The molecule has 2 aliphatic rings. The zero-order valence-electron chi connectivity index (χ0n) is 7.92. The summed E-state index contributed by atoms with van der Waals surface area (Å²) in [7, 11) is 1.96. The lowest BCUT2D eigenvalue weighted by Crippen LogP contribution is -2.53. The minimum atomic E-state index is 0.364. The molecule has 0 N–H and O–H groups in total. The molecule has 2 rings (SSSR count). The van der Waals surface area contributed by atoms with Crippen molar-refractivity contribution in [2.24, 2.45) is 11.8 Å². The van der Waals surface area contributed by atoms with Crippen LogP contribution in [0.3, 0.4) is 0 Å². The number of rotatable bonds is 1. The van der Waals surface area contributed by atoms with E-state index in [1.165, 1.54) is 12.8 Å². The molecule has 1 aliphatic heterocycles. The van der Waals surface area contributed by atoms with Gasteiger partial charge in [-0.05, 0) is 31.1 Å². The summed E-state index contributed by atoms with van der Waals surface area (Å²) in [6.07, 6.45) is 4.59. The van der Waals surface area contributed by atoms with Crippen molar-refractivity contribution in [1.82, 2.24) is 4.90 Å². The topological polar surface area (TPSA) is 20.3 Å². The number of nitrogens with zero attached hydrogens (tertiary/aromatic N) is 1. The second kappa shape index (κ2) is 2.75. The van der Waals surface area contributed by atoms with Gasteiger partial charge in [-0.1, -0.05) is 6.92 Å². The Labute approximate surface area is 73.9 Å². The SMILES string of the molecule is CCC1C2CCC2CC(=O)N1C. The van der Waals surface area contributed by atoms with Crippen molar-refractivity contribution in [3.8, 4) is 0 Å². The summed E-state index contributed by atoms with van der Waals surface area (Å²) < 4.78 is 0. The maximum Gasteiger partial charge on any atom is 0.222 e. The Bertz CT molecular complexity index is 202. The van der Waals surface area contributed by atoms with Crippen molar-refractivity contribution >= 4 is 5.91 Å². The number of fused-ring (bicyclic) bond motifs is 1. The normalized spacial score (nSPS) is 40.7. The third-order valence-corrected chi connectivity index (χ3v) is 3.72. The Morgan fingerprint density at radius 2 is 2.25 bits per heavy atom. The molecule has 3 unspecified atom stereocenters. The lowest BCUT2D eigenvalue weighted by molar-refractivity contribution is -0.144. The third-order valence-electron chi connectivity index (χ3n) is 3.72. The number of carbonyl (C=O) groups is 1. The molecule has 2 fully saturated rings. The molecular formula is C10H17NO. The predicted molar refractivity (Wildman–Crippen MR) is 47.7 cm³/mol. The smallest absolute Gasteiger partial charge is 0.222 e. The molecule has 12 heavy (non-hydrogen) atoms. The van der Waals surface area contributed by atoms with E-state index < -0.39 is 0 Å². The van der Waals surface area contributed by atoms with Gasteiger partial charge in [-0.15, -0.1) is 0 Å². The van der Waals surface area contributed by atoms with Gasteiger partial charge < -0.3 is 4.90 Å². The molecule has 1 amide bonds. The van der Waals surface area contributed by atoms with E-state index >= 15 is 0 Å². The molecule has 0 bridgehead atoms. The lowest BCUT2D eigenvalue weighted by atomic mass is 9.65. The fourth-order valence-corrected chi connectivity index (χ4v) is 2.77. The summed E-state index contributed by atoms with van der Waals surface area (Å²) in [5.41, 5.74) is 0. The van der Waals surface area contributed by atoms with Gasteiger partial charge in [0.15, 0.2) is 0 Å². The number of piperidine rings is 1. The van der Waals surface area contributed by atoms with E-state index in [0.717, 1.165) is 24.7 Å². The second-order valence-corrected chi connectivity index (χ2v) is 4.19. The van der Waals surface area contributed by atoms with E-state index in [1.54, 1.807) is 0 Å². The molecule has 68 valence electrons. The first-order valence-corrected chi connectivity index (χ1v) is 4.99. The van der Waals surface area contributed by atoms with Crippen LogP contribution in [0.2, 0.25) is 0 Å². The number of hydrogen-bond acceptors (Lipinski definition) is 1. The van der Waals surface area contributed by atoms with Crippen molar-refractivity contribution in [1.29, 1.82) is 0 Å². The lowest BCUT2D eigenvalue weighted by Gasteiger charge is -2.49. The van der Waals surface area contributed by atoms with Crippen LogP contribution in [0.5, 0.6) is 0 Å². The predicted octanol–water partition coefficient (Wildman–Crippen LogP) is 1.65. The maximum atomic E-state index is 11.5. The van der Waals surface area contributed by atoms with Gasteiger partial charge >= 0.3 is 0 Å². The number of amides is 1. The average molecular weight is 167 g/mol. The quantitative estimate of drug-likeness (QED) is 0.581. The minimum Gasteiger partial charge on any atom is -0.342 e. The maximum absolute atomic E-state index is 11.5. The molecule has 0 spiro atoms. The molecule has 2 heteroatoms. The Kier molecular flexibility index (Phi) is 1.85. The van der Waals surface area contributed by atoms with E-state index in [4.69, 9.17) is 0 Å². The fraction of sp³-hybridized carbons (Fsp3) is 0.900. The first-order valence-electron chi connectivity index (χ1n) is 4.99. The summed E-state index contributed by atoms with van der Waals surface area (Å²) in [5, 5.41) is 0. The van der Waals surface area contributed by atoms with Gasteiger partial charge in [0.1, 0.15) is 0 Å². The zero-order chi connectivity index (χ0) is 8.72. The Hall–Kier alpha value is -0.530. The summed E-state index contributed by atoms with van der Waals surface area (Å²) >= 11 is 0. The zero-order valence-corrected chi connectivity index (χ0v) is 7.92. The monoisotopic (exact) mass is 167 g/mol. The van der Waals surface area contributed by atoms with Crippen molar-refractivity contribution < 1.29 is 4.79 Å². The average Bonchev–Trinajstić information content (AvgIpc) is 2.04. The molecule has 1 saturated carbocycles. The highest BCUT2D eigenvalue weighted by Crippen LogP contribution is 2.44. The van der Waals surface area contributed by atoms with Gasteiger partial charge in [0.2, 0.25) is 5.91 Å². The molecule has 3 atom stereocenters. The Balaban J connectivity index is 2.12. The van der Waals surface area contributed by atoms with Gasteiger partial charge in [0, 0.05) is 19.5 Å². The molecule has 0 radical (unpaired) electrons. The van der Waals surface area contributed by atoms with E-state index in [2.05, 4.69) is 6.92 Å². The largest absolute Gasteiger partial charge is 0.342 e. The Morgan fingerprint density at radius 3 is 2.75 bits per heavy atom. The van der Waals surface area contributed by atoms with Crippen molar-refractivity contribution in [3.63, 3.8) is 0 Å². The van der Waals surface area contributed by atoms with Gasteiger partial charge in [-0.2, -0.15) is 0 Å². The molecular weight excluding hydrogens is 150 g/mol. The standard InChI is InChI=1S/C10H17NO/c1-3-9-8-5-4-7(8)6-10(12)11(9)2/h7-9H,3-6H2,1-2H3. The van der Waals surface area contributed by atoms with E-state index in [1.807, 2.05) is 11.9 Å². The number of carbonyl (C=O) groups excluding carboxylic acids is 1. The number of hydrogen-bond donors (Lipinski definition) is 0. The first-order chi connectivity index (χ1) is 5.74. The summed E-state index contributed by atoms with van der Waals surface area (Å²) in [6, 6.07) is 0.546. The van der Waals surface area contributed by atoms with Crippen LogP contribution in [0.25, 0.3) is 0 Å². The number of likely N-dealkylation sites (tertiary alicyclic amines) is 1. The van der Waals surface area contributed by atoms with E-state index in [0.29, 0.717) is 11.9 Å². The van der Waals surface area contributed by atoms with Crippen LogP contribution in [-0.2, 0) is 4.79 Å². The molecule has 1 saturated heterocycles. The van der Waals surface area contributed by atoms with Crippen LogP contribution >= 0.6 is 0 Å². The molecule has 1 aliphatic carbocycles. The van der Waals surface area contributed by atoms with Gasteiger partial charge in [-0.3, -0.25) is 4.79 Å². The highest BCUT2D eigenvalue weighted by molar-refractivity contribution is 5.77. The van der Waals surface area contributed by atoms with Gasteiger partial charge in [0.25, 0.3) is 0 Å². The Morgan fingerprint density at radius 1 is 1.50 bits per heavy atom. The van der Waals surface area contributed by atoms with Gasteiger partial charge in [-0.25, -0.2) is 0 Å². The summed E-state index contributed by atoms with van der Waals surface area (Å²) in [4.78, 5) is 13.5. The second-order valence-electron chi connectivity index (χ2n) is 4.19. The highest BCUT2D eigenvalue weighted by Gasteiger charge is 2.44. The van der Waals surface area contributed by atoms with Crippen LogP contribution in [0.15, 0.2) is 0 Å². The van der Waals surface area contributed by atoms with Crippen LogP contribution in [-0.4, -0.2) is 23.9 Å². The third kappa shape index (κ3) is 0.970. The van der Waals surface area contributed by atoms with Crippen LogP contribution < -0.4 is 0 Å². The van der Waals surface area contributed by atoms with Crippen molar-refractivity contribution in [2.45, 2.75) is 38.6 Å². The van der Waals surface area contributed by atoms with Gasteiger partial charge in [0.05, 0.1) is 0 Å². The van der Waals surface area contributed by atoms with Crippen LogP contribution in [0, 0.1) is 11.8 Å². The highest BCUT2D eigenvalue weighted by atomic mass is 16.2. The van der Waals surface area contributed by atoms with E-state index in [9.17, 15) is 4.79 Å². The fourth-order valence-electron chi connectivity index (χ4n) is 2.77. The first kappa shape index (κ1) is 8.09. The molecule has 2 nitrogen and oxygen atoms in total. The molecule has 0 aromatic heterocycles. The molecule has 0 aromatic rings. The van der Waals surface area contributed by atoms with E-state index in [-0.39, 0.29) is 0 Å². The molecule has 0 aromatic carbocycles. The summed E-state index contributed by atoms with van der Waals surface area (Å²) in [5.74, 6) is 1.93. The molecule has 1 heterocycles. The minimum absolute atomic E-state index is 0.364. The van der Waals surface area contributed by atoms with Crippen LogP contribution in [0.1, 0.15) is 32.6 Å². The van der Waals surface area contributed by atoms with Crippen molar-refractivity contribution in [2.75, 3.05) is 7.05 Å². The summed E-state index contributed by atoms with van der Waals surface area (Å²) in [6.45, 7) is 2.19. The van der Waals surface area contributed by atoms with Crippen LogP contribution in [0.4, 0.5) is 0 Å².